The second-order valence-corrected chi connectivity index (χ2v) is 7.17. The number of aryl methyl sites for hydroxylation is 1. The normalized spacial score (nSPS) is 10.9. The molecule has 0 aliphatic carbocycles. The third kappa shape index (κ3) is 4.60. The Morgan fingerprint density at radius 3 is 2.55 bits per heavy atom. The molecule has 0 radical (unpaired) electrons. The number of nitrogens with one attached hydrogen (secondary N) is 2. The fourth-order valence-corrected chi connectivity index (χ4v) is 3.60. The number of aliphatic hydroxyl groups is 1. The molecule has 2 aromatic carbocycles. The van der Waals surface area contributed by atoms with E-state index in [9.17, 15) is 5.11 Å². The number of imidazole rings is 1. The summed E-state index contributed by atoms with van der Waals surface area (Å²) in [5.74, 6) is 0.826. The van der Waals surface area contributed by atoms with E-state index in [2.05, 4.69) is 17.0 Å². The maximum atomic E-state index is 9.73. The lowest BCUT2D eigenvalue weighted by Crippen LogP contribution is -2.09. The van der Waals surface area contributed by atoms with Crippen molar-refractivity contribution in [1.29, 1.82) is 10.9 Å². The zero-order valence-corrected chi connectivity index (χ0v) is 17.1. The van der Waals surface area contributed by atoms with Crippen molar-refractivity contribution in [2.24, 2.45) is 5.11 Å². The SMILES string of the molecule is CCCCc1nc(Cl)c(CO)n1Cc1ccc(-c2ccccc2C(=N)N=N)cc1. The molecule has 0 amide bonds. The molecule has 0 unspecified atom stereocenters. The van der Waals surface area contributed by atoms with Crippen LogP contribution in [0.5, 0.6) is 0 Å². The topological polar surface area (TPSA) is 98.1 Å². The first-order chi connectivity index (χ1) is 14.1. The van der Waals surface area contributed by atoms with Gasteiger partial charge >= 0.3 is 0 Å². The zero-order chi connectivity index (χ0) is 20.8. The monoisotopic (exact) mass is 409 g/mol. The average Bonchev–Trinajstić information content (AvgIpc) is 3.06. The Labute approximate surface area is 175 Å². The van der Waals surface area contributed by atoms with Crippen LogP contribution in [0.4, 0.5) is 0 Å². The van der Waals surface area contributed by atoms with Crippen LogP contribution in [0, 0.1) is 10.9 Å². The lowest BCUT2D eigenvalue weighted by Gasteiger charge is -2.12. The van der Waals surface area contributed by atoms with E-state index in [0.29, 0.717) is 23.0 Å². The first-order valence-electron chi connectivity index (χ1n) is 9.58. The van der Waals surface area contributed by atoms with Gasteiger partial charge in [0.2, 0.25) is 0 Å². The summed E-state index contributed by atoms with van der Waals surface area (Å²) in [5.41, 5.74) is 11.3. The van der Waals surface area contributed by atoms with E-state index in [0.717, 1.165) is 41.8 Å². The van der Waals surface area contributed by atoms with Gasteiger partial charge < -0.3 is 9.67 Å². The lowest BCUT2D eigenvalue weighted by atomic mass is 9.98. The van der Waals surface area contributed by atoms with Gasteiger partial charge in [-0.05, 0) is 23.1 Å². The number of aromatic nitrogens is 2. The molecule has 0 fully saturated rings. The Hall–Kier alpha value is -2.83. The Balaban J connectivity index is 1.90. The van der Waals surface area contributed by atoms with Crippen molar-refractivity contribution >= 4 is 17.4 Å². The molecule has 0 saturated heterocycles. The number of rotatable bonds is 8. The van der Waals surface area contributed by atoms with Crippen molar-refractivity contribution in [3.8, 4) is 11.1 Å². The number of nitrogens with zero attached hydrogens (tertiary/aromatic N) is 3. The molecule has 3 rings (SSSR count). The number of unbranched alkanes of at least 4 members (excludes halogenated alkanes) is 1. The fourth-order valence-electron chi connectivity index (χ4n) is 3.34. The van der Waals surface area contributed by atoms with Gasteiger partial charge in [-0.25, -0.2) is 10.5 Å². The Bertz CT molecular complexity index is 1010. The molecule has 0 atom stereocenters. The van der Waals surface area contributed by atoms with Crippen LogP contribution in [0.2, 0.25) is 5.15 Å². The summed E-state index contributed by atoms with van der Waals surface area (Å²) < 4.78 is 2.00. The van der Waals surface area contributed by atoms with Gasteiger partial charge in [-0.3, -0.25) is 5.41 Å². The van der Waals surface area contributed by atoms with Gasteiger partial charge in [0.25, 0.3) is 0 Å². The molecule has 1 aromatic heterocycles. The van der Waals surface area contributed by atoms with E-state index in [-0.39, 0.29) is 12.4 Å². The predicted octanol–water partition coefficient (Wildman–Crippen LogP) is 5.44. The highest BCUT2D eigenvalue weighted by Crippen LogP contribution is 2.26. The van der Waals surface area contributed by atoms with Crippen LogP contribution in [0.1, 0.15) is 42.4 Å². The maximum Gasteiger partial charge on any atom is 0.174 e. The second-order valence-electron chi connectivity index (χ2n) is 6.82. The van der Waals surface area contributed by atoms with E-state index >= 15 is 0 Å². The van der Waals surface area contributed by atoms with E-state index in [1.165, 1.54) is 0 Å². The quantitative estimate of drug-likeness (QED) is 0.262. The number of halogens is 1. The van der Waals surface area contributed by atoms with Crippen LogP contribution in [-0.2, 0) is 19.6 Å². The smallest absolute Gasteiger partial charge is 0.174 e. The molecular formula is C22H24ClN5O. The highest BCUT2D eigenvalue weighted by molar-refractivity contribution is 6.30. The van der Waals surface area contributed by atoms with E-state index in [1.54, 1.807) is 6.07 Å². The zero-order valence-electron chi connectivity index (χ0n) is 16.3. The molecule has 3 N–H and O–H groups in total. The average molecular weight is 410 g/mol. The van der Waals surface area contributed by atoms with E-state index < -0.39 is 0 Å². The summed E-state index contributed by atoms with van der Waals surface area (Å²) in [6.07, 6.45) is 2.90. The molecule has 0 saturated carbocycles. The Kier molecular flexibility index (Phi) is 6.90. The summed E-state index contributed by atoms with van der Waals surface area (Å²) in [6, 6.07) is 15.5. The molecule has 0 aliphatic heterocycles. The molecular weight excluding hydrogens is 386 g/mol. The molecule has 6 nitrogen and oxygen atoms in total. The van der Waals surface area contributed by atoms with Crippen molar-refractivity contribution in [2.75, 3.05) is 0 Å². The van der Waals surface area contributed by atoms with Crippen molar-refractivity contribution in [3.63, 3.8) is 0 Å². The second kappa shape index (κ2) is 9.58. The fraction of sp³-hybridized carbons (Fsp3) is 0.273. The van der Waals surface area contributed by atoms with Crippen LogP contribution in [0.3, 0.4) is 0 Å². The summed E-state index contributed by atoms with van der Waals surface area (Å²) in [5, 5.41) is 21.2. The van der Waals surface area contributed by atoms with Crippen LogP contribution in [-0.4, -0.2) is 20.5 Å². The molecule has 0 spiro atoms. The van der Waals surface area contributed by atoms with Crippen LogP contribution in [0.15, 0.2) is 53.6 Å². The molecule has 1 heterocycles. The standard InChI is InChI=1S/C22H24ClN5O/c1-2-3-8-20-26-21(23)19(14-29)28(20)13-15-9-11-16(12-10-15)17-6-4-5-7-18(17)22(24)27-25/h4-7,9-12,24-25,29H,2-3,8,13-14H2,1H3. The van der Waals surface area contributed by atoms with Gasteiger partial charge in [-0.1, -0.05) is 73.5 Å². The third-order valence-electron chi connectivity index (χ3n) is 4.91. The Morgan fingerprint density at radius 1 is 1.17 bits per heavy atom. The number of hydrogen-bond donors (Lipinski definition) is 3. The minimum absolute atomic E-state index is 0.0640. The molecule has 0 bridgehead atoms. The van der Waals surface area contributed by atoms with Crippen LogP contribution < -0.4 is 0 Å². The molecule has 150 valence electrons. The number of aliphatic hydroxyl groups excluding tert-OH is 1. The highest BCUT2D eigenvalue weighted by atomic mass is 35.5. The maximum absolute atomic E-state index is 9.73. The number of benzene rings is 2. The largest absolute Gasteiger partial charge is 0.390 e. The van der Waals surface area contributed by atoms with Crippen LogP contribution >= 0.6 is 11.6 Å². The van der Waals surface area contributed by atoms with Gasteiger partial charge in [0.05, 0.1) is 12.3 Å². The lowest BCUT2D eigenvalue weighted by molar-refractivity contribution is 0.271. The summed E-state index contributed by atoms with van der Waals surface area (Å²) in [7, 11) is 0. The Morgan fingerprint density at radius 2 is 1.90 bits per heavy atom. The highest BCUT2D eigenvalue weighted by Gasteiger charge is 2.15. The predicted molar refractivity (Wildman–Crippen MR) is 115 cm³/mol. The third-order valence-corrected chi connectivity index (χ3v) is 5.21. The van der Waals surface area contributed by atoms with Gasteiger partial charge in [0, 0.05) is 18.5 Å². The van der Waals surface area contributed by atoms with Crippen molar-refractivity contribution in [3.05, 3.63) is 76.3 Å². The summed E-state index contributed by atoms with van der Waals surface area (Å²) in [6.45, 7) is 2.56. The van der Waals surface area contributed by atoms with Gasteiger partial charge in [-0.15, -0.1) is 5.11 Å². The summed E-state index contributed by atoms with van der Waals surface area (Å²) >= 11 is 6.23. The van der Waals surface area contributed by atoms with Gasteiger partial charge in [0.15, 0.2) is 11.0 Å². The minimum Gasteiger partial charge on any atom is -0.390 e. The van der Waals surface area contributed by atoms with Crippen LogP contribution in [0.25, 0.3) is 11.1 Å². The number of amidine groups is 1. The molecule has 3 aromatic rings. The van der Waals surface area contributed by atoms with E-state index in [1.807, 2.05) is 47.0 Å². The molecule has 7 heteroatoms. The van der Waals surface area contributed by atoms with Gasteiger partial charge in [0.1, 0.15) is 5.82 Å². The van der Waals surface area contributed by atoms with Crippen molar-refractivity contribution in [1.82, 2.24) is 9.55 Å². The molecule has 0 aliphatic rings. The van der Waals surface area contributed by atoms with E-state index in [4.69, 9.17) is 22.5 Å². The first kappa shape index (κ1) is 20.9. The van der Waals surface area contributed by atoms with Crippen molar-refractivity contribution < 1.29 is 5.11 Å². The minimum atomic E-state index is -0.151. The van der Waals surface area contributed by atoms with Crippen molar-refractivity contribution in [2.45, 2.75) is 39.3 Å². The first-order valence-corrected chi connectivity index (χ1v) is 9.96. The summed E-state index contributed by atoms with van der Waals surface area (Å²) in [4.78, 5) is 4.44. The number of hydrogen-bond acceptors (Lipinski definition) is 4. The van der Waals surface area contributed by atoms with Gasteiger partial charge in [-0.2, -0.15) is 0 Å². The molecule has 29 heavy (non-hydrogen) atoms.